The second-order valence-corrected chi connectivity index (χ2v) is 6.96. The minimum Gasteiger partial charge on any atom is -0.497 e. The Morgan fingerprint density at radius 2 is 1.54 bits per heavy atom. The van der Waals surface area contributed by atoms with Gasteiger partial charge in [-0.25, -0.2) is 4.79 Å². The summed E-state index contributed by atoms with van der Waals surface area (Å²) in [4.78, 5) is 25.4. The van der Waals surface area contributed by atoms with Gasteiger partial charge in [0.1, 0.15) is 5.75 Å². The molecule has 6 nitrogen and oxygen atoms in total. The van der Waals surface area contributed by atoms with Gasteiger partial charge in [-0.05, 0) is 42.0 Å². The Bertz CT molecular complexity index is 1300. The molecular formula is C21H18ClN3O3. The summed E-state index contributed by atoms with van der Waals surface area (Å²) in [5, 5.41) is 1.08. The van der Waals surface area contributed by atoms with Gasteiger partial charge < -0.3 is 9.30 Å². The lowest BCUT2D eigenvalue weighted by Gasteiger charge is -2.11. The van der Waals surface area contributed by atoms with Crippen molar-refractivity contribution in [2.45, 2.75) is 0 Å². The van der Waals surface area contributed by atoms with E-state index in [1.54, 1.807) is 26.3 Å². The van der Waals surface area contributed by atoms with Crippen molar-refractivity contribution in [1.29, 1.82) is 0 Å². The van der Waals surface area contributed by atoms with E-state index in [0.717, 1.165) is 21.6 Å². The third-order valence-electron chi connectivity index (χ3n) is 4.91. The predicted molar refractivity (Wildman–Crippen MR) is 111 cm³/mol. The Morgan fingerprint density at radius 1 is 0.893 bits per heavy atom. The van der Waals surface area contributed by atoms with Gasteiger partial charge >= 0.3 is 5.69 Å². The third-order valence-corrected chi connectivity index (χ3v) is 5.16. The predicted octanol–water partition coefficient (Wildman–Crippen LogP) is 3.36. The molecular weight excluding hydrogens is 378 g/mol. The average Bonchev–Trinajstić information content (AvgIpc) is 3.12. The molecule has 142 valence electrons. The number of methoxy groups -OCH3 is 1. The van der Waals surface area contributed by atoms with Gasteiger partial charge in [0.05, 0.1) is 23.7 Å². The summed E-state index contributed by atoms with van der Waals surface area (Å²) in [7, 11) is 4.76. The maximum atomic E-state index is 13.0. The molecule has 0 aliphatic heterocycles. The number of rotatable bonds is 3. The summed E-state index contributed by atoms with van der Waals surface area (Å²) >= 11 is 6.05. The number of fused-ring (bicyclic) bond motifs is 1. The van der Waals surface area contributed by atoms with Crippen LogP contribution < -0.4 is 16.0 Å². The highest BCUT2D eigenvalue weighted by molar-refractivity contribution is 6.30. The molecule has 7 heteroatoms. The fourth-order valence-corrected chi connectivity index (χ4v) is 3.50. The fourth-order valence-electron chi connectivity index (χ4n) is 3.38. The van der Waals surface area contributed by atoms with E-state index in [1.165, 1.54) is 11.6 Å². The van der Waals surface area contributed by atoms with Crippen LogP contribution in [0.2, 0.25) is 5.02 Å². The average molecular weight is 396 g/mol. The lowest BCUT2D eigenvalue weighted by molar-refractivity contribution is 0.415. The summed E-state index contributed by atoms with van der Waals surface area (Å²) in [6.07, 6.45) is 1.81. The monoisotopic (exact) mass is 395 g/mol. The van der Waals surface area contributed by atoms with Crippen LogP contribution in [0, 0.1) is 0 Å². The normalized spacial score (nSPS) is 11.1. The van der Waals surface area contributed by atoms with E-state index in [-0.39, 0.29) is 11.2 Å². The molecule has 2 aromatic carbocycles. The summed E-state index contributed by atoms with van der Waals surface area (Å²) in [6, 6.07) is 14.8. The van der Waals surface area contributed by atoms with Crippen LogP contribution in [0.4, 0.5) is 0 Å². The molecule has 0 spiro atoms. The van der Waals surface area contributed by atoms with E-state index < -0.39 is 0 Å². The van der Waals surface area contributed by atoms with Gasteiger partial charge in [-0.15, -0.1) is 0 Å². The maximum absolute atomic E-state index is 13.0. The highest BCUT2D eigenvalue weighted by Crippen LogP contribution is 2.32. The number of aryl methyl sites for hydroxylation is 1. The number of halogens is 1. The van der Waals surface area contributed by atoms with Gasteiger partial charge in [-0.2, -0.15) is 0 Å². The van der Waals surface area contributed by atoms with Crippen molar-refractivity contribution >= 4 is 22.5 Å². The third kappa shape index (κ3) is 2.73. The summed E-state index contributed by atoms with van der Waals surface area (Å²) < 4.78 is 9.76. The zero-order valence-electron chi connectivity index (χ0n) is 15.6. The van der Waals surface area contributed by atoms with Gasteiger partial charge in [0, 0.05) is 31.0 Å². The largest absolute Gasteiger partial charge is 0.497 e. The minimum atomic E-state index is -0.368. The van der Waals surface area contributed by atoms with Gasteiger partial charge in [-0.1, -0.05) is 23.7 Å². The first-order valence-corrected chi connectivity index (χ1v) is 9.01. The standard InChI is InChI=1S/C21H18ClN3O3/c1-23-17-12-25(15-8-10-16(28-3)11-9-15)19(13-4-6-14(22)7-5-13)18(17)20(26)24(2)21(23)27/h4-12H,1-3H3. The number of ether oxygens (including phenoxy) is 1. The number of aromatic nitrogens is 3. The smallest absolute Gasteiger partial charge is 0.330 e. The lowest BCUT2D eigenvalue weighted by atomic mass is 10.1. The number of hydrogen-bond acceptors (Lipinski definition) is 3. The van der Waals surface area contributed by atoms with Crippen LogP contribution in [0.25, 0.3) is 27.8 Å². The van der Waals surface area contributed by atoms with Crippen LogP contribution in [0.5, 0.6) is 5.75 Å². The highest BCUT2D eigenvalue weighted by atomic mass is 35.5. The molecule has 0 fully saturated rings. The first kappa shape index (κ1) is 18.1. The van der Waals surface area contributed by atoms with Gasteiger partial charge in [-0.3, -0.25) is 13.9 Å². The quantitative estimate of drug-likeness (QED) is 0.534. The first-order chi connectivity index (χ1) is 13.4. The molecule has 0 aliphatic carbocycles. The molecule has 4 rings (SSSR count). The van der Waals surface area contributed by atoms with Crippen molar-refractivity contribution in [2.75, 3.05) is 7.11 Å². The molecule has 2 heterocycles. The van der Waals surface area contributed by atoms with E-state index in [2.05, 4.69) is 0 Å². The van der Waals surface area contributed by atoms with Crippen molar-refractivity contribution in [1.82, 2.24) is 13.7 Å². The lowest BCUT2D eigenvalue weighted by Crippen LogP contribution is -2.36. The molecule has 0 N–H and O–H groups in total. The molecule has 0 unspecified atom stereocenters. The summed E-state index contributed by atoms with van der Waals surface area (Å²) in [5.41, 5.74) is 2.23. The van der Waals surface area contributed by atoms with Crippen LogP contribution >= 0.6 is 11.6 Å². The minimum absolute atomic E-state index is 0.338. The van der Waals surface area contributed by atoms with E-state index in [9.17, 15) is 9.59 Å². The topological polar surface area (TPSA) is 58.2 Å². The van der Waals surface area contributed by atoms with Crippen molar-refractivity contribution in [2.24, 2.45) is 14.1 Å². The van der Waals surface area contributed by atoms with Crippen molar-refractivity contribution in [3.63, 3.8) is 0 Å². The molecule has 4 aromatic rings. The number of benzene rings is 2. The van der Waals surface area contributed by atoms with E-state index in [0.29, 0.717) is 21.6 Å². The van der Waals surface area contributed by atoms with Crippen molar-refractivity contribution in [3.8, 4) is 22.7 Å². The van der Waals surface area contributed by atoms with Gasteiger partial charge in [0.2, 0.25) is 0 Å². The van der Waals surface area contributed by atoms with Crippen LogP contribution in [0.3, 0.4) is 0 Å². The molecule has 0 atom stereocenters. The van der Waals surface area contributed by atoms with E-state index in [1.807, 2.05) is 47.2 Å². The summed E-state index contributed by atoms with van der Waals surface area (Å²) in [5.74, 6) is 0.733. The first-order valence-electron chi connectivity index (χ1n) is 8.64. The van der Waals surface area contributed by atoms with Gasteiger partial charge in [0.25, 0.3) is 5.56 Å². The fraction of sp³-hybridized carbons (Fsp3) is 0.143. The van der Waals surface area contributed by atoms with Gasteiger partial charge in [0.15, 0.2) is 0 Å². The second-order valence-electron chi connectivity index (χ2n) is 6.52. The van der Waals surface area contributed by atoms with E-state index in [4.69, 9.17) is 16.3 Å². The Labute approximate surface area is 165 Å². The van der Waals surface area contributed by atoms with E-state index >= 15 is 0 Å². The molecule has 0 amide bonds. The Hall–Kier alpha value is -3.25. The van der Waals surface area contributed by atoms with Crippen molar-refractivity contribution < 1.29 is 4.74 Å². The molecule has 0 aliphatic rings. The summed E-state index contributed by atoms with van der Waals surface area (Å²) in [6.45, 7) is 0. The Kier molecular flexibility index (Phi) is 4.35. The Morgan fingerprint density at radius 3 is 2.14 bits per heavy atom. The Balaban J connectivity index is 2.14. The number of hydrogen-bond donors (Lipinski definition) is 0. The SMILES string of the molecule is COc1ccc(-n2cc3c(c2-c2ccc(Cl)cc2)c(=O)n(C)c(=O)n3C)cc1. The molecule has 0 bridgehead atoms. The second kappa shape index (κ2) is 6.73. The van der Waals surface area contributed by atoms with Crippen LogP contribution in [0.1, 0.15) is 0 Å². The zero-order chi connectivity index (χ0) is 20.0. The highest BCUT2D eigenvalue weighted by Gasteiger charge is 2.20. The molecule has 0 saturated heterocycles. The molecule has 28 heavy (non-hydrogen) atoms. The van der Waals surface area contributed by atoms with Crippen molar-refractivity contribution in [3.05, 3.63) is 80.6 Å². The molecule has 2 aromatic heterocycles. The zero-order valence-corrected chi connectivity index (χ0v) is 16.4. The van der Waals surface area contributed by atoms with Crippen LogP contribution in [-0.4, -0.2) is 20.8 Å². The molecule has 0 radical (unpaired) electrons. The number of nitrogens with zero attached hydrogens (tertiary/aromatic N) is 3. The molecule has 0 saturated carbocycles. The van der Waals surface area contributed by atoms with Crippen LogP contribution in [0.15, 0.2) is 64.3 Å². The van der Waals surface area contributed by atoms with Crippen LogP contribution in [-0.2, 0) is 14.1 Å². The maximum Gasteiger partial charge on any atom is 0.330 e.